The van der Waals surface area contributed by atoms with Crippen molar-refractivity contribution in [3.63, 3.8) is 0 Å². The first-order chi connectivity index (χ1) is 6.34. The largest absolute Gasteiger partial charge is 0.263 e. The van der Waals surface area contributed by atoms with Crippen LogP contribution in [0.25, 0.3) is 6.08 Å². The fraction of sp³-hybridized carbons (Fsp3) is 0.111. The van der Waals surface area contributed by atoms with E-state index in [4.69, 9.17) is 0 Å². The van der Waals surface area contributed by atoms with E-state index in [-0.39, 0.29) is 0 Å². The van der Waals surface area contributed by atoms with Crippen molar-refractivity contribution in [3.8, 4) is 0 Å². The van der Waals surface area contributed by atoms with Crippen molar-refractivity contribution in [1.29, 1.82) is 0 Å². The third-order valence-electron chi connectivity index (χ3n) is 1.67. The summed E-state index contributed by atoms with van der Waals surface area (Å²) in [5.41, 5.74) is 4.07. The molecule has 1 N–H and O–H groups in total. The van der Waals surface area contributed by atoms with Gasteiger partial charge in [0.2, 0.25) is 0 Å². The molecular formula is C9H10N4. The summed E-state index contributed by atoms with van der Waals surface area (Å²) in [5, 5.41) is 9.27. The predicted molar refractivity (Wildman–Crippen MR) is 50.2 cm³/mol. The van der Waals surface area contributed by atoms with Gasteiger partial charge in [0.25, 0.3) is 0 Å². The zero-order chi connectivity index (χ0) is 9.10. The van der Waals surface area contributed by atoms with Gasteiger partial charge in [-0.3, -0.25) is 5.43 Å². The van der Waals surface area contributed by atoms with Crippen molar-refractivity contribution in [2.24, 2.45) is 10.3 Å². The number of nitrogens with one attached hydrogen (secondary N) is 1. The summed E-state index contributed by atoms with van der Waals surface area (Å²) >= 11 is 0. The van der Waals surface area contributed by atoms with E-state index in [9.17, 15) is 0 Å². The molecule has 66 valence electrons. The van der Waals surface area contributed by atoms with Gasteiger partial charge in [0, 0.05) is 7.05 Å². The van der Waals surface area contributed by atoms with Crippen LogP contribution in [-0.4, -0.2) is 12.2 Å². The molecule has 0 fully saturated rings. The Hall–Kier alpha value is -1.84. The van der Waals surface area contributed by atoms with E-state index in [0.717, 1.165) is 11.4 Å². The van der Waals surface area contributed by atoms with Gasteiger partial charge < -0.3 is 0 Å². The maximum Gasteiger partial charge on any atom is 0.170 e. The molecule has 0 unspecified atom stereocenters. The minimum Gasteiger partial charge on any atom is -0.263 e. The second kappa shape index (κ2) is 3.26. The van der Waals surface area contributed by atoms with E-state index >= 15 is 0 Å². The minimum atomic E-state index is 0.758. The van der Waals surface area contributed by atoms with Crippen LogP contribution in [0.2, 0.25) is 0 Å². The van der Waals surface area contributed by atoms with Gasteiger partial charge >= 0.3 is 0 Å². The van der Waals surface area contributed by atoms with E-state index in [1.807, 2.05) is 36.4 Å². The Morgan fingerprint density at radius 1 is 1.31 bits per heavy atom. The average molecular weight is 174 g/mol. The highest BCUT2D eigenvalue weighted by Crippen LogP contribution is 2.09. The van der Waals surface area contributed by atoms with Gasteiger partial charge in [0.1, 0.15) is 0 Å². The second-order valence-electron chi connectivity index (χ2n) is 2.77. The third-order valence-corrected chi connectivity index (χ3v) is 1.67. The van der Waals surface area contributed by atoms with Crippen LogP contribution in [0.4, 0.5) is 0 Å². The van der Waals surface area contributed by atoms with Gasteiger partial charge in [-0.25, -0.2) is 0 Å². The fourth-order valence-corrected chi connectivity index (χ4v) is 1.09. The Morgan fingerprint density at radius 2 is 2.08 bits per heavy atom. The molecule has 13 heavy (non-hydrogen) atoms. The molecule has 4 heteroatoms. The number of hydrogen-bond acceptors (Lipinski definition) is 4. The van der Waals surface area contributed by atoms with Gasteiger partial charge in [-0.05, 0) is 16.9 Å². The first-order valence-electron chi connectivity index (χ1n) is 4.03. The van der Waals surface area contributed by atoms with Crippen LogP contribution in [0, 0.1) is 0 Å². The Labute approximate surface area is 76.5 Å². The maximum absolute atomic E-state index is 3.91. The third kappa shape index (κ3) is 1.84. The van der Waals surface area contributed by atoms with Crippen molar-refractivity contribution in [2.45, 2.75) is 0 Å². The van der Waals surface area contributed by atoms with Crippen LogP contribution in [0.5, 0.6) is 0 Å². The van der Waals surface area contributed by atoms with E-state index in [1.165, 1.54) is 0 Å². The molecule has 4 nitrogen and oxygen atoms in total. The van der Waals surface area contributed by atoms with Crippen molar-refractivity contribution in [1.82, 2.24) is 10.5 Å². The quantitative estimate of drug-likeness (QED) is 0.705. The van der Waals surface area contributed by atoms with E-state index in [2.05, 4.69) is 15.8 Å². The number of benzene rings is 1. The van der Waals surface area contributed by atoms with Crippen molar-refractivity contribution in [2.75, 3.05) is 7.05 Å². The summed E-state index contributed by atoms with van der Waals surface area (Å²) in [5.74, 6) is 0.758. The molecule has 0 bridgehead atoms. The van der Waals surface area contributed by atoms with Gasteiger partial charge in [0.15, 0.2) is 5.82 Å². The SMILES string of the molecule is CN1N=NC(=Cc2ccccc2)N1. The normalized spacial score (nSPS) is 17.9. The zero-order valence-corrected chi connectivity index (χ0v) is 7.31. The molecule has 0 aromatic heterocycles. The summed E-state index contributed by atoms with van der Waals surface area (Å²) in [6, 6.07) is 9.99. The first-order valence-corrected chi connectivity index (χ1v) is 4.03. The molecule has 0 aliphatic carbocycles. The number of hydrogen-bond donors (Lipinski definition) is 1. The smallest absolute Gasteiger partial charge is 0.170 e. The molecule has 1 aromatic carbocycles. The monoisotopic (exact) mass is 174 g/mol. The highest BCUT2D eigenvalue weighted by Gasteiger charge is 2.04. The summed E-state index contributed by atoms with van der Waals surface area (Å²) in [4.78, 5) is 0. The highest BCUT2D eigenvalue weighted by atomic mass is 15.8. The van der Waals surface area contributed by atoms with Crippen LogP contribution in [-0.2, 0) is 0 Å². The standard InChI is InChI=1S/C9H10N4/c1-13-11-9(10-12-13)7-8-5-3-2-4-6-8/h2-7,11H,1H3. The Balaban J connectivity index is 2.18. The number of rotatable bonds is 1. The average Bonchev–Trinajstić information content (AvgIpc) is 2.53. The summed E-state index contributed by atoms with van der Waals surface area (Å²) in [6.07, 6.45) is 1.94. The van der Waals surface area contributed by atoms with Crippen molar-refractivity contribution in [3.05, 3.63) is 41.7 Å². The molecule has 0 amide bonds. The lowest BCUT2D eigenvalue weighted by molar-refractivity contribution is 0.304. The predicted octanol–water partition coefficient (Wildman–Crippen LogP) is 1.80. The molecule has 0 saturated heterocycles. The van der Waals surface area contributed by atoms with E-state index in [0.29, 0.717) is 0 Å². The van der Waals surface area contributed by atoms with Crippen LogP contribution < -0.4 is 5.43 Å². The van der Waals surface area contributed by atoms with Crippen LogP contribution in [0.3, 0.4) is 0 Å². The van der Waals surface area contributed by atoms with Gasteiger partial charge in [-0.2, -0.15) is 5.12 Å². The number of nitrogens with zero attached hydrogens (tertiary/aromatic N) is 3. The first kappa shape index (κ1) is 7.79. The molecule has 1 heterocycles. The van der Waals surface area contributed by atoms with Gasteiger partial charge in [-0.15, -0.1) is 5.11 Å². The van der Waals surface area contributed by atoms with Crippen molar-refractivity contribution < 1.29 is 0 Å². The zero-order valence-electron chi connectivity index (χ0n) is 7.31. The molecule has 0 saturated carbocycles. The second-order valence-corrected chi connectivity index (χ2v) is 2.77. The lowest BCUT2D eigenvalue weighted by Crippen LogP contribution is -2.22. The molecule has 0 atom stereocenters. The van der Waals surface area contributed by atoms with Crippen LogP contribution in [0.1, 0.15) is 5.56 Å². The lowest BCUT2D eigenvalue weighted by atomic mass is 10.2. The Bertz CT molecular complexity index is 342. The molecule has 1 aliphatic heterocycles. The Morgan fingerprint density at radius 3 is 2.69 bits per heavy atom. The maximum atomic E-state index is 3.91. The Kier molecular flexibility index (Phi) is 1.96. The topological polar surface area (TPSA) is 40.0 Å². The highest BCUT2D eigenvalue weighted by molar-refractivity contribution is 5.51. The fourth-order valence-electron chi connectivity index (χ4n) is 1.09. The molecule has 0 radical (unpaired) electrons. The van der Waals surface area contributed by atoms with Gasteiger partial charge in [-0.1, -0.05) is 30.3 Å². The minimum absolute atomic E-state index is 0.758. The molecule has 1 aromatic rings. The lowest BCUT2D eigenvalue weighted by Gasteiger charge is -2.03. The number of hydrazine groups is 1. The van der Waals surface area contributed by atoms with Gasteiger partial charge in [0.05, 0.1) is 0 Å². The van der Waals surface area contributed by atoms with Crippen molar-refractivity contribution >= 4 is 6.08 Å². The molecule has 2 rings (SSSR count). The van der Waals surface area contributed by atoms with E-state index < -0.39 is 0 Å². The summed E-state index contributed by atoms with van der Waals surface area (Å²) in [6.45, 7) is 0. The van der Waals surface area contributed by atoms with Crippen LogP contribution >= 0.6 is 0 Å². The molecule has 0 spiro atoms. The van der Waals surface area contributed by atoms with Crippen LogP contribution in [0.15, 0.2) is 46.5 Å². The van der Waals surface area contributed by atoms with E-state index in [1.54, 1.807) is 12.2 Å². The molecule has 1 aliphatic rings. The molecular weight excluding hydrogens is 164 g/mol. The summed E-state index contributed by atoms with van der Waals surface area (Å²) < 4.78 is 0. The summed E-state index contributed by atoms with van der Waals surface area (Å²) in [7, 11) is 1.80.